The molecule has 1 heterocycles. The molecule has 2 rings (SSSR count). The fraction of sp³-hybridized carbons (Fsp3) is 0.500. The molecule has 1 aliphatic rings. The molecule has 7 N–H and O–H groups in total. The molecule has 13 nitrogen and oxygen atoms in total. The normalized spacial score (nSPS) is 16.8. The third-order valence-electron chi connectivity index (χ3n) is 5.19. The van der Waals surface area contributed by atoms with Crippen molar-refractivity contribution >= 4 is 37.1 Å². The van der Waals surface area contributed by atoms with E-state index in [-0.39, 0.29) is 11.5 Å². The number of carbonyl (C=O) groups excluding carboxylic acids is 1. The van der Waals surface area contributed by atoms with E-state index in [1.807, 2.05) is 0 Å². The van der Waals surface area contributed by atoms with Crippen molar-refractivity contribution in [2.75, 3.05) is 25.9 Å². The van der Waals surface area contributed by atoms with E-state index >= 15 is 0 Å². The van der Waals surface area contributed by atoms with Gasteiger partial charge in [-0.1, -0.05) is 12.1 Å². The van der Waals surface area contributed by atoms with E-state index in [0.717, 1.165) is 6.26 Å². The van der Waals surface area contributed by atoms with Gasteiger partial charge in [0.05, 0.1) is 12.8 Å². The second-order valence-electron chi connectivity index (χ2n) is 7.52. The molecule has 0 unspecified atom stereocenters. The molecule has 16 heteroatoms. The van der Waals surface area contributed by atoms with Crippen LogP contribution in [0.15, 0.2) is 24.3 Å². The number of nitrogens with zero attached hydrogens (tertiary/aromatic N) is 2. The predicted octanol–water partition coefficient (Wildman–Crippen LogP) is -0.157. The Morgan fingerprint density at radius 1 is 1.22 bits per heavy atom. The van der Waals surface area contributed by atoms with Crippen LogP contribution in [0.4, 0.5) is 0 Å². The molecule has 0 bridgehead atoms. The molecule has 0 saturated carbocycles. The van der Waals surface area contributed by atoms with E-state index in [1.54, 1.807) is 12.1 Å². The average molecular weight is 512 g/mol. The molecule has 1 aromatic rings. The molecular formula is C16H26N4O9P2S. The third-order valence-corrected chi connectivity index (χ3v) is 10.2. The summed E-state index contributed by atoms with van der Waals surface area (Å²) in [5.74, 6) is -1.95. The number of rotatable bonds is 7. The first kappa shape index (κ1) is 26.6. The Morgan fingerprint density at radius 3 is 2.19 bits per heavy atom. The van der Waals surface area contributed by atoms with Gasteiger partial charge in [-0.05, 0) is 36.5 Å². The summed E-state index contributed by atoms with van der Waals surface area (Å²) < 4.78 is 47.8. The lowest BCUT2D eigenvalue weighted by molar-refractivity contribution is 0.0846. The van der Waals surface area contributed by atoms with Crippen molar-refractivity contribution in [2.45, 2.75) is 24.2 Å². The summed E-state index contributed by atoms with van der Waals surface area (Å²) in [5, 5.41) is 5.04. The van der Waals surface area contributed by atoms with Gasteiger partial charge in [0.25, 0.3) is 5.91 Å². The van der Waals surface area contributed by atoms with Crippen LogP contribution in [0.2, 0.25) is 0 Å². The lowest BCUT2D eigenvalue weighted by atomic mass is 9.89. The van der Waals surface area contributed by atoms with Crippen LogP contribution < -0.4 is 5.73 Å². The maximum atomic E-state index is 12.9. The van der Waals surface area contributed by atoms with Crippen LogP contribution in [0.3, 0.4) is 0 Å². The summed E-state index contributed by atoms with van der Waals surface area (Å²) in [6.45, 7) is -0.527. The number of piperidine rings is 1. The second-order valence-corrected chi connectivity index (χ2v) is 13.5. The highest BCUT2D eigenvalue weighted by molar-refractivity contribution is 7.88. The van der Waals surface area contributed by atoms with Gasteiger partial charge >= 0.3 is 15.2 Å². The van der Waals surface area contributed by atoms with Crippen molar-refractivity contribution in [3.63, 3.8) is 0 Å². The Hall–Kier alpha value is -1.63. The van der Waals surface area contributed by atoms with E-state index in [9.17, 15) is 41.9 Å². The Bertz CT molecular complexity index is 1050. The largest absolute Gasteiger partial charge is 0.370 e. The maximum Gasteiger partial charge on any atom is 0.342 e. The number of carbonyl (C=O) groups is 1. The van der Waals surface area contributed by atoms with Gasteiger partial charge in [0, 0.05) is 18.7 Å². The van der Waals surface area contributed by atoms with Crippen LogP contribution in [0.25, 0.3) is 0 Å². The zero-order chi connectivity index (χ0) is 24.5. The van der Waals surface area contributed by atoms with E-state index < -0.39 is 49.0 Å². The number of nitrogens with two attached hydrogens (primary N) is 1. The van der Waals surface area contributed by atoms with Gasteiger partial charge in [0.2, 0.25) is 10.0 Å². The molecule has 0 atom stereocenters. The number of nitrogens with one attached hydrogen (secondary N) is 1. The molecule has 1 saturated heterocycles. The van der Waals surface area contributed by atoms with Crippen molar-refractivity contribution in [1.82, 2.24) is 9.21 Å². The van der Waals surface area contributed by atoms with Crippen molar-refractivity contribution in [2.24, 2.45) is 5.73 Å². The monoisotopic (exact) mass is 512 g/mol. The molecule has 1 fully saturated rings. The Morgan fingerprint density at radius 2 is 1.75 bits per heavy atom. The molecule has 1 aromatic carbocycles. The standard InChI is InChI=1S/C16H26N4O9P2S/c1-32(28,29)19-7-5-11(6-8-19)12-3-2-4-13(9-12)15(21)20(16(17)18)10-14(30(22,23)24)31(25,26)27/h2-4,9,11,14H,5-8,10H2,1H3,(H3,17,18)(H2,22,23,24)(H2,25,26,27). The summed E-state index contributed by atoms with van der Waals surface area (Å²) in [5.41, 5.74) is 6.08. The van der Waals surface area contributed by atoms with Crippen molar-refractivity contribution in [3.05, 3.63) is 35.4 Å². The lowest BCUT2D eigenvalue weighted by Gasteiger charge is -2.31. The minimum absolute atomic E-state index is 0.00147. The number of amides is 1. The topological polar surface area (TPSA) is 223 Å². The number of sulfonamides is 1. The summed E-state index contributed by atoms with van der Waals surface area (Å²) in [6, 6.07) is 6.15. The molecule has 0 aromatic heterocycles. The summed E-state index contributed by atoms with van der Waals surface area (Å²) in [7, 11) is -14.0. The van der Waals surface area contributed by atoms with Crippen LogP contribution >= 0.6 is 15.2 Å². The quantitative estimate of drug-likeness (QED) is 0.161. The third kappa shape index (κ3) is 6.69. The number of hydrogen-bond donors (Lipinski definition) is 6. The van der Waals surface area contributed by atoms with E-state index in [1.165, 1.54) is 16.4 Å². The molecular weight excluding hydrogens is 486 g/mol. The molecule has 32 heavy (non-hydrogen) atoms. The molecule has 0 aliphatic carbocycles. The summed E-state index contributed by atoms with van der Waals surface area (Å²) in [4.78, 5) is 50.6. The lowest BCUT2D eigenvalue weighted by Crippen LogP contribution is -2.45. The zero-order valence-electron chi connectivity index (χ0n) is 17.1. The molecule has 0 radical (unpaired) electrons. The van der Waals surface area contributed by atoms with Gasteiger partial charge in [0.15, 0.2) is 11.4 Å². The Labute approximate surface area is 185 Å². The van der Waals surface area contributed by atoms with Crippen molar-refractivity contribution in [1.29, 1.82) is 5.41 Å². The van der Waals surface area contributed by atoms with Crippen LogP contribution in [0, 0.1) is 5.41 Å². The number of benzene rings is 1. The average Bonchev–Trinajstić information content (AvgIpc) is 2.65. The Balaban J connectivity index is 2.27. The summed E-state index contributed by atoms with van der Waals surface area (Å²) in [6.07, 6.45) is 2.16. The first-order valence-corrected chi connectivity index (χ1v) is 14.5. The minimum Gasteiger partial charge on any atom is -0.370 e. The first-order chi connectivity index (χ1) is 14.5. The first-order valence-electron chi connectivity index (χ1n) is 9.33. The maximum absolute atomic E-state index is 12.9. The van der Waals surface area contributed by atoms with E-state index in [4.69, 9.17) is 11.1 Å². The summed E-state index contributed by atoms with van der Waals surface area (Å²) >= 11 is 0. The zero-order valence-corrected chi connectivity index (χ0v) is 19.7. The molecule has 1 aliphatic heterocycles. The highest BCUT2D eigenvalue weighted by atomic mass is 32.2. The SMILES string of the molecule is CS(=O)(=O)N1CCC(c2cccc(C(=O)N(CC(P(=O)(O)O)P(=O)(O)O)C(=N)N)c2)CC1. The number of hydrogen-bond acceptors (Lipinski definition) is 6. The van der Waals surface area contributed by atoms with Gasteiger partial charge in [-0.2, -0.15) is 0 Å². The highest BCUT2D eigenvalue weighted by Crippen LogP contribution is 2.60. The van der Waals surface area contributed by atoms with Crippen molar-refractivity contribution < 1.29 is 41.9 Å². The van der Waals surface area contributed by atoms with Gasteiger partial charge in [-0.25, -0.2) is 12.7 Å². The van der Waals surface area contributed by atoms with Crippen LogP contribution in [-0.4, -0.2) is 80.4 Å². The van der Waals surface area contributed by atoms with Crippen LogP contribution in [-0.2, 0) is 19.2 Å². The number of guanidine groups is 1. The van der Waals surface area contributed by atoms with Gasteiger partial charge in [0.1, 0.15) is 0 Å². The van der Waals surface area contributed by atoms with Gasteiger partial charge in [-0.3, -0.25) is 24.2 Å². The van der Waals surface area contributed by atoms with Gasteiger partial charge in [-0.15, -0.1) is 0 Å². The second kappa shape index (κ2) is 9.70. The van der Waals surface area contributed by atoms with E-state index in [0.29, 0.717) is 36.4 Å². The molecule has 0 spiro atoms. The smallest absolute Gasteiger partial charge is 0.342 e. The fourth-order valence-electron chi connectivity index (χ4n) is 3.46. The highest BCUT2D eigenvalue weighted by Gasteiger charge is 2.45. The van der Waals surface area contributed by atoms with Crippen LogP contribution in [0.1, 0.15) is 34.7 Å². The molecule has 1 amide bonds. The fourth-order valence-corrected chi connectivity index (χ4v) is 6.66. The predicted molar refractivity (Wildman–Crippen MR) is 116 cm³/mol. The van der Waals surface area contributed by atoms with Crippen molar-refractivity contribution in [3.8, 4) is 0 Å². The van der Waals surface area contributed by atoms with E-state index in [2.05, 4.69) is 0 Å². The molecule has 180 valence electrons. The van der Waals surface area contributed by atoms with Crippen LogP contribution in [0.5, 0.6) is 0 Å². The Kier molecular flexibility index (Phi) is 8.07. The van der Waals surface area contributed by atoms with Gasteiger partial charge < -0.3 is 25.3 Å². The minimum atomic E-state index is -5.34.